The Bertz CT molecular complexity index is 938. The number of nitrogens with zero attached hydrogens (tertiary/aromatic N) is 2. The zero-order valence-electron chi connectivity index (χ0n) is 16.1. The molecule has 0 spiro atoms. The first-order chi connectivity index (χ1) is 14.0. The summed E-state index contributed by atoms with van der Waals surface area (Å²) in [6.45, 7) is 2.66. The van der Waals surface area contributed by atoms with Gasteiger partial charge in [-0.25, -0.2) is 4.98 Å². The number of carbonyl (C=O) groups excluding carboxylic acids is 2. The molecule has 2 aromatic carbocycles. The fourth-order valence-corrected chi connectivity index (χ4v) is 3.27. The summed E-state index contributed by atoms with van der Waals surface area (Å²) in [6.07, 6.45) is 5.64. The van der Waals surface area contributed by atoms with Crippen LogP contribution in [0.1, 0.15) is 36.1 Å². The Kier molecular flexibility index (Phi) is 7.19. The summed E-state index contributed by atoms with van der Waals surface area (Å²) in [6, 6.07) is 15.3. The molecule has 3 rings (SSSR count). The van der Waals surface area contributed by atoms with Crippen LogP contribution in [0, 0.1) is 0 Å². The van der Waals surface area contributed by atoms with Gasteiger partial charge in [0.25, 0.3) is 0 Å². The van der Waals surface area contributed by atoms with Crippen molar-refractivity contribution in [3.63, 3.8) is 0 Å². The average molecular weight is 455 g/mol. The van der Waals surface area contributed by atoms with Crippen molar-refractivity contribution >= 4 is 27.7 Å². The van der Waals surface area contributed by atoms with Crippen molar-refractivity contribution in [1.82, 2.24) is 20.2 Å². The van der Waals surface area contributed by atoms with Crippen molar-refractivity contribution in [1.29, 1.82) is 0 Å². The third-order valence-corrected chi connectivity index (χ3v) is 5.01. The summed E-state index contributed by atoms with van der Waals surface area (Å²) in [5, 5.41) is 5.78. The SMILES string of the molecule is CC(=O)NC(CC(=O)NCc1ccc(Cn2ccnc2)cc1)c1ccc(Br)cc1. The van der Waals surface area contributed by atoms with Crippen LogP contribution >= 0.6 is 15.9 Å². The van der Waals surface area contributed by atoms with Crippen LogP contribution in [0.2, 0.25) is 0 Å². The molecule has 0 saturated heterocycles. The third-order valence-electron chi connectivity index (χ3n) is 4.48. The first-order valence-corrected chi connectivity index (χ1v) is 10.1. The largest absolute Gasteiger partial charge is 0.352 e. The van der Waals surface area contributed by atoms with Crippen molar-refractivity contribution in [2.24, 2.45) is 0 Å². The molecule has 0 aliphatic carbocycles. The molecular formula is C22H23BrN4O2. The van der Waals surface area contributed by atoms with Crippen molar-refractivity contribution in [3.05, 3.63) is 88.4 Å². The number of rotatable bonds is 8. The van der Waals surface area contributed by atoms with E-state index in [0.717, 1.165) is 22.1 Å². The van der Waals surface area contributed by atoms with Crippen LogP contribution in [0.4, 0.5) is 0 Å². The minimum atomic E-state index is -0.363. The Hall–Kier alpha value is -2.93. The van der Waals surface area contributed by atoms with Crippen LogP contribution in [0.5, 0.6) is 0 Å². The Morgan fingerprint density at radius 2 is 1.76 bits per heavy atom. The second-order valence-corrected chi connectivity index (χ2v) is 7.75. The van der Waals surface area contributed by atoms with E-state index in [1.807, 2.05) is 59.3 Å². The van der Waals surface area contributed by atoms with E-state index in [-0.39, 0.29) is 24.3 Å². The predicted octanol–water partition coefficient (Wildman–Crippen LogP) is 3.58. The van der Waals surface area contributed by atoms with Gasteiger partial charge in [-0.05, 0) is 28.8 Å². The van der Waals surface area contributed by atoms with Gasteiger partial charge in [0.2, 0.25) is 11.8 Å². The molecule has 3 aromatic rings. The molecule has 0 fully saturated rings. The summed E-state index contributed by atoms with van der Waals surface area (Å²) in [4.78, 5) is 28.0. The molecule has 1 heterocycles. The van der Waals surface area contributed by atoms with Gasteiger partial charge in [-0.15, -0.1) is 0 Å². The second kappa shape index (κ2) is 10.0. The molecule has 1 atom stereocenters. The van der Waals surface area contributed by atoms with E-state index in [2.05, 4.69) is 31.5 Å². The van der Waals surface area contributed by atoms with Gasteiger partial charge in [0.1, 0.15) is 0 Å². The maximum absolute atomic E-state index is 12.4. The van der Waals surface area contributed by atoms with Gasteiger partial charge in [-0.2, -0.15) is 0 Å². The van der Waals surface area contributed by atoms with Crippen LogP contribution in [0.15, 0.2) is 71.7 Å². The van der Waals surface area contributed by atoms with Crippen LogP contribution in [0.25, 0.3) is 0 Å². The number of hydrogen-bond donors (Lipinski definition) is 2. The van der Waals surface area contributed by atoms with E-state index in [4.69, 9.17) is 0 Å². The van der Waals surface area contributed by atoms with E-state index in [1.165, 1.54) is 12.5 Å². The Morgan fingerprint density at radius 1 is 1.07 bits per heavy atom. The first kappa shape index (κ1) is 20.8. The molecule has 0 bridgehead atoms. The number of nitrogens with one attached hydrogen (secondary N) is 2. The van der Waals surface area contributed by atoms with Gasteiger partial charge in [-0.3, -0.25) is 9.59 Å². The number of halogens is 1. The van der Waals surface area contributed by atoms with Crippen LogP contribution < -0.4 is 10.6 Å². The third kappa shape index (κ3) is 6.57. The Morgan fingerprint density at radius 3 is 2.38 bits per heavy atom. The molecule has 0 aliphatic heterocycles. The molecule has 29 heavy (non-hydrogen) atoms. The average Bonchev–Trinajstić information content (AvgIpc) is 3.20. The maximum Gasteiger partial charge on any atom is 0.222 e. The fraction of sp³-hybridized carbons (Fsp3) is 0.227. The molecule has 0 aliphatic rings. The second-order valence-electron chi connectivity index (χ2n) is 6.84. The molecule has 0 radical (unpaired) electrons. The zero-order valence-corrected chi connectivity index (χ0v) is 17.7. The highest BCUT2D eigenvalue weighted by Gasteiger charge is 2.17. The molecule has 1 unspecified atom stereocenters. The lowest BCUT2D eigenvalue weighted by molar-refractivity contribution is -0.122. The first-order valence-electron chi connectivity index (χ1n) is 9.32. The normalized spacial score (nSPS) is 11.7. The molecule has 7 heteroatoms. The van der Waals surface area contributed by atoms with Crippen molar-refractivity contribution < 1.29 is 9.59 Å². The number of imidazole rings is 1. The highest BCUT2D eigenvalue weighted by molar-refractivity contribution is 9.10. The lowest BCUT2D eigenvalue weighted by Gasteiger charge is -2.18. The van der Waals surface area contributed by atoms with Crippen LogP contribution in [-0.4, -0.2) is 21.4 Å². The van der Waals surface area contributed by atoms with Gasteiger partial charge in [0.15, 0.2) is 0 Å². The van der Waals surface area contributed by atoms with Gasteiger partial charge in [0, 0.05) is 36.9 Å². The summed E-state index contributed by atoms with van der Waals surface area (Å²) in [5.74, 6) is -0.284. The van der Waals surface area contributed by atoms with Crippen molar-refractivity contribution in [2.75, 3.05) is 0 Å². The van der Waals surface area contributed by atoms with Gasteiger partial charge in [0.05, 0.1) is 18.8 Å². The minimum absolute atomic E-state index is 0.117. The monoisotopic (exact) mass is 454 g/mol. The predicted molar refractivity (Wildman–Crippen MR) is 115 cm³/mol. The van der Waals surface area contributed by atoms with E-state index < -0.39 is 0 Å². The molecule has 1 aromatic heterocycles. The van der Waals surface area contributed by atoms with E-state index in [9.17, 15) is 9.59 Å². The molecule has 6 nitrogen and oxygen atoms in total. The molecule has 2 amide bonds. The number of carbonyl (C=O) groups is 2. The van der Waals surface area contributed by atoms with Crippen molar-refractivity contribution in [2.45, 2.75) is 32.5 Å². The fourth-order valence-electron chi connectivity index (χ4n) is 3.00. The smallest absolute Gasteiger partial charge is 0.222 e. The summed E-state index contributed by atoms with van der Waals surface area (Å²) >= 11 is 3.40. The van der Waals surface area contributed by atoms with Gasteiger partial charge >= 0.3 is 0 Å². The number of benzene rings is 2. The number of hydrogen-bond acceptors (Lipinski definition) is 3. The molecule has 150 valence electrons. The highest BCUT2D eigenvalue weighted by Crippen LogP contribution is 2.20. The number of aromatic nitrogens is 2. The van der Waals surface area contributed by atoms with E-state index >= 15 is 0 Å². The maximum atomic E-state index is 12.4. The van der Waals surface area contributed by atoms with Crippen LogP contribution in [0.3, 0.4) is 0 Å². The Labute approximate surface area is 178 Å². The summed E-state index contributed by atoms with van der Waals surface area (Å²) < 4.78 is 2.95. The van der Waals surface area contributed by atoms with E-state index in [1.54, 1.807) is 12.5 Å². The molecular weight excluding hydrogens is 432 g/mol. The number of amides is 2. The van der Waals surface area contributed by atoms with Gasteiger partial charge < -0.3 is 15.2 Å². The summed E-state index contributed by atoms with van der Waals surface area (Å²) in [7, 11) is 0. The van der Waals surface area contributed by atoms with Gasteiger partial charge in [-0.1, -0.05) is 52.3 Å². The Balaban J connectivity index is 1.54. The minimum Gasteiger partial charge on any atom is -0.352 e. The quantitative estimate of drug-likeness (QED) is 0.545. The lowest BCUT2D eigenvalue weighted by Crippen LogP contribution is -2.32. The van der Waals surface area contributed by atoms with E-state index in [0.29, 0.717) is 6.54 Å². The zero-order chi connectivity index (χ0) is 20.6. The topological polar surface area (TPSA) is 76.0 Å². The molecule has 2 N–H and O–H groups in total. The summed E-state index contributed by atoms with van der Waals surface area (Å²) in [5.41, 5.74) is 3.08. The molecule has 0 saturated carbocycles. The standard InChI is InChI=1S/C22H23BrN4O2/c1-16(28)26-21(19-6-8-20(23)9-7-19)12-22(29)25-13-17-2-4-18(5-3-17)14-27-11-10-24-15-27/h2-11,15,21H,12-14H2,1H3,(H,25,29)(H,26,28). The lowest BCUT2D eigenvalue weighted by atomic mass is 10.0. The van der Waals surface area contributed by atoms with Crippen LogP contribution in [-0.2, 0) is 22.7 Å². The highest BCUT2D eigenvalue weighted by atomic mass is 79.9. The van der Waals surface area contributed by atoms with Crippen molar-refractivity contribution in [3.8, 4) is 0 Å².